The number of piperidine rings is 1. The Balaban J connectivity index is 1.49. The van der Waals surface area contributed by atoms with Crippen LogP contribution in [0.4, 0.5) is 11.6 Å². The topological polar surface area (TPSA) is 168 Å². The third-order valence-corrected chi connectivity index (χ3v) is 8.43. The van der Waals surface area contributed by atoms with E-state index in [1.54, 1.807) is 41.7 Å². The van der Waals surface area contributed by atoms with Crippen LogP contribution in [0.2, 0.25) is 5.15 Å². The van der Waals surface area contributed by atoms with Gasteiger partial charge in [0.05, 0.1) is 40.1 Å². The Kier molecular flexibility index (Phi) is 8.37. The van der Waals surface area contributed by atoms with Crippen LogP contribution in [0.3, 0.4) is 0 Å². The quantitative estimate of drug-likeness (QED) is 0.287. The zero-order valence-corrected chi connectivity index (χ0v) is 26.5. The van der Waals surface area contributed by atoms with Crippen molar-refractivity contribution in [2.75, 3.05) is 29.6 Å². The summed E-state index contributed by atoms with van der Waals surface area (Å²) in [5, 5.41) is 17.7. The lowest BCUT2D eigenvalue weighted by Gasteiger charge is -2.33. The lowest BCUT2D eigenvalue weighted by atomic mass is 9.92. The molecule has 2 N–H and O–H groups in total. The standard InChI is InChI=1S/C29H32ClN9O4S/c1-16-12-20(17(2)32-22-6-7-23(30)33-26(22)27(40)36-44(5,42)43)25-21(13-16)28(41)38(4)29(34-25)39-10-8-18(9-11-39)24-19(14-31)15-37(3)35-24/h6-7,12-13,15,17-18,32H,8-11H2,1-5H3,(H,36,40)/t17-/m1/s1. The van der Waals surface area contributed by atoms with Gasteiger partial charge in [-0.05, 0) is 50.5 Å². The van der Waals surface area contributed by atoms with E-state index in [0.717, 1.165) is 30.4 Å². The number of aryl methyl sites for hydroxylation is 2. The molecule has 5 rings (SSSR count). The molecule has 1 fully saturated rings. The van der Waals surface area contributed by atoms with Crippen molar-refractivity contribution in [2.24, 2.45) is 14.1 Å². The van der Waals surface area contributed by atoms with Gasteiger partial charge in [0.15, 0.2) is 5.69 Å². The molecule has 0 aliphatic carbocycles. The molecule has 15 heteroatoms. The van der Waals surface area contributed by atoms with Crippen molar-refractivity contribution in [1.82, 2.24) is 29.0 Å². The van der Waals surface area contributed by atoms with Crippen molar-refractivity contribution in [2.45, 2.75) is 38.6 Å². The number of halogens is 1. The summed E-state index contributed by atoms with van der Waals surface area (Å²) in [4.78, 5) is 37.5. The van der Waals surface area contributed by atoms with Gasteiger partial charge < -0.3 is 10.2 Å². The fourth-order valence-corrected chi connectivity index (χ4v) is 6.23. The lowest BCUT2D eigenvalue weighted by Crippen LogP contribution is -2.38. The molecule has 13 nitrogen and oxygen atoms in total. The number of nitrogens with one attached hydrogen (secondary N) is 2. The van der Waals surface area contributed by atoms with E-state index in [-0.39, 0.29) is 28.0 Å². The van der Waals surface area contributed by atoms with E-state index in [9.17, 15) is 23.3 Å². The van der Waals surface area contributed by atoms with E-state index in [1.807, 2.05) is 24.6 Å². The predicted molar refractivity (Wildman–Crippen MR) is 167 cm³/mol. The Labute approximate surface area is 259 Å². The van der Waals surface area contributed by atoms with E-state index < -0.39 is 22.0 Å². The average Bonchev–Trinajstić information content (AvgIpc) is 3.35. The number of rotatable bonds is 7. The Morgan fingerprint density at radius 3 is 2.55 bits per heavy atom. The summed E-state index contributed by atoms with van der Waals surface area (Å²) >= 11 is 6.03. The van der Waals surface area contributed by atoms with Gasteiger partial charge in [0, 0.05) is 44.9 Å². The second-order valence-electron chi connectivity index (χ2n) is 11.1. The van der Waals surface area contributed by atoms with Crippen LogP contribution in [0.5, 0.6) is 0 Å². The minimum Gasteiger partial charge on any atom is -0.377 e. The fourth-order valence-electron chi connectivity index (χ4n) is 5.65. The molecule has 1 aromatic carbocycles. The van der Waals surface area contributed by atoms with Crippen LogP contribution in [0.25, 0.3) is 10.9 Å². The molecule has 1 saturated heterocycles. The first-order valence-electron chi connectivity index (χ1n) is 13.9. The number of aromatic nitrogens is 5. The molecule has 1 amide bonds. The summed E-state index contributed by atoms with van der Waals surface area (Å²) in [6, 6.07) is 8.52. The highest BCUT2D eigenvalue weighted by Crippen LogP contribution is 2.33. The Hall–Kier alpha value is -4.48. The van der Waals surface area contributed by atoms with Gasteiger partial charge in [0.25, 0.3) is 11.5 Å². The molecule has 0 radical (unpaired) electrons. The average molecular weight is 638 g/mol. The van der Waals surface area contributed by atoms with Gasteiger partial charge in [-0.3, -0.25) is 18.8 Å². The fraction of sp³-hybridized carbons (Fsp3) is 0.379. The number of sulfonamides is 1. The van der Waals surface area contributed by atoms with Gasteiger partial charge in [-0.25, -0.2) is 23.1 Å². The van der Waals surface area contributed by atoms with Crippen molar-refractivity contribution in [3.05, 3.63) is 74.0 Å². The molecule has 4 aromatic rings. The monoisotopic (exact) mass is 637 g/mol. The number of anilines is 2. The Morgan fingerprint density at radius 2 is 1.89 bits per heavy atom. The summed E-state index contributed by atoms with van der Waals surface area (Å²) in [6.07, 6.45) is 4.11. The maximum atomic E-state index is 13.7. The Morgan fingerprint density at radius 1 is 1.18 bits per heavy atom. The van der Waals surface area contributed by atoms with E-state index in [4.69, 9.17) is 16.6 Å². The minimum atomic E-state index is -3.84. The third kappa shape index (κ3) is 6.24. The first-order valence-corrected chi connectivity index (χ1v) is 16.2. The predicted octanol–water partition coefficient (Wildman–Crippen LogP) is 3.14. The molecule has 3 aromatic heterocycles. The molecule has 0 unspecified atom stereocenters. The number of hydrogen-bond donors (Lipinski definition) is 2. The van der Waals surface area contributed by atoms with Crippen molar-refractivity contribution in [3.8, 4) is 6.07 Å². The van der Waals surface area contributed by atoms with Crippen LogP contribution in [0.1, 0.15) is 64.6 Å². The van der Waals surface area contributed by atoms with Gasteiger partial charge in [-0.15, -0.1) is 0 Å². The number of amides is 1. The highest BCUT2D eigenvalue weighted by molar-refractivity contribution is 7.89. The number of benzene rings is 1. The van der Waals surface area contributed by atoms with Crippen LogP contribution in [0.15, 0.2) is 35.3 Å². The molecular weight excluding hydrogens is 606 g/mol. The highest BCUT2D eigenvalue weighted by Gasteiger charge is 2.28. The first kappa shape index (κ1) is 31.0. The van der Waals surface area contributed by atoms with Gasteiger partial charge >= 0.3 is 0 Å². The van der Waals surface area contributed by atoms with Crippen molar-refractivity contribution in [3.63, 3.8) is 0 Å². The number of carbonyl (C=O) groups is 1. The largest absolute Gasteiger partial charge is 0.377 e. The number of hydrogen-bond acceptors (Lipinski definition) is 10. The molecule has 0 spiro atoms. The lowest BCUT2D eigenvalue weighted by molar-refractivity contribution is 0.0977. The number of pyridine rings is 1. The van der Waals surface area contributed by atoms with Crippen molar-refractivity contribution >= 4 is 50.1 Å². The van der Waals surface area contributed by atoms with Crippen molar-refractivity contribution < 1.29 is 13.2 Å². The minimum absolute atomic E-state index is 0.0216. The van der Waals surface area contributed by atoms with Crippen LogP contribution in [-0.4, -0.2) is 58.0 Å². The third-order valence-electron chi connectivity index (χ3n) is 7.67. The van der Waals surface area contributed by atoms with Gasteiger partial charge in [-0.1, -0.05) is 17.7 Å². The summed E-state index contributed by atoms with van der Waals surface area (Å²) in [5.41, 5.74) is 3.33. The van der Waals surface area contributed by atoms with E-state index in [0.29, 0.717) is 41.1 Å². The number of fused-ring (bicyclic) bond motifs is 1. The number of nitrogens with zero attached hydrogens (tertiary/aromatic N) is 7. The molecule has 4 heterocycles. The summed E-state index contributed by atoms with van der Waals surface area (Å²) in [5.74, 6) is -0.269. The van der Waals surface area contributed by atoms with Gasteiger partial charge in [0.1, 0.15) is 11.2 Å². The molecular formula is C29H32ClN9O4S. The molecule has 0 saturated carbocycles. The van der Waals surface area contributed by atoms with Crippen LogP contribution < -0.4 is 20.5 Å². The normalized spacial score (nSPS) is 14.8. The highest BCUT2D eigenvalue weighted by atomic mass is 35.5. The zero-order valence-electron chi connectivity index (χ0n) is 24.9. The molecule has 1 aliphatic rings. The SMILES string of the molecule is Cc1cc([C@@H](C)Nc2ccc(Cl)nc2C(=O)NS(C)(=O)=O)c2nc(N3CCC(c4nn(C)cc4C#N)CC3)n(C)c(=O)c2c1. The van der Waals surface area contributed by atoms with Gasteiger partial charge in [0.2, 0.25) is 16.0 Å². The number of nitriles is 1. The summed E-state index contributed by atoms with van der Waals surface area (Å²) < 4.78 is 28.6. The van der Waals surface area contributed by atoms with Crippen molar-refractivity contribution in [1.29, 1.82) is 5.26 Å². The molecule has 44 heavy (non-hydrogen) atoms. The van der Waals surface area contributed by atoms with Crippen LogP contribution in [0, 0.1) is 18.3 Å². The van der Waals surface area contributed by atoms with E-state index >= 15 is 0 Å². The zero-order chi connectivity index (χ0) is 31.9. The Bertz CT molecular complexity index is 1990. The van der Waals surface area contributed by atoms with Crippen LogP contribution in [-0.2, 0) is 24.1 Å². The van der Waals surface area contributed by atoms with E-state index in [2.05, 4.69) is 26.4 Å². The second kappa shape index (κ2) is 11.9. The van der Waals surface area contributed by atoms with E-state index in [1.165, 1.54) is 6.07 Å². The summed E-state index contributed by atoms with van der Waals surface area (Å²) in [7, 11) is -0.333. The second-order valence-corrected chi connectivity index (χ2v) is 13.2. The molecule has 1 aliphatic heterocycles. The molecule has 1 atom stereocenters. The molecule has 0 bridgehead atoms. The van der Waals surface area contributed by atoms with Gasteiger partial charge in [-0.2, -0.15) is 10.4 Å². The first-order chi connectivity index (χ1) is 20.8. The smallest absolute Gasteiger partial charge is 0.285 e. The molecule has 230 valence electrons. The maximum Gasteiger partial charge on any atom is 0.285 e. The summed E-state index contributed by atoms with van der Waals surface area (Å²) in [6.45, 7) is 4.99. The number of carbonyl (C=O) groups excluding carboxylic acids is 1. The maximum absolute atomic E-state index is 13.7. The van der Waals surface area contributed by atoms with Crippen LogP contribution >= 0.6 is 11.6 Å².